The Hall–Kier alpha value is -2.41. The molecule has 3 aromatic rings. The van der Waals surface area contributed by atoms with E-state index in [9.17, 15) is 4.39 Å². The van der Waals surface area contributed by atoms with Crippen molar-refractivity contribution in [1.29, 1.82) is 0 Å². The molecule has 1 heteroatoms. The van der Waals surface area contributed by atoms with Gasteiger partial charge in [0.15, 0.2) is 0 Å². The van der Waals surface area contributed by atoms with Crippen molar-refractivity contribution in [2.75, 3.05) is 6.67 Å². The summed E-state index contributed by atoms with van der Waals surface area (Å²) in [4.78, 5) is 0. The molecule has 0 amide bonds. The van der Waals surface area contributed by atoms with Gasteiger partial charge in [-0.3, -0.25) is 4.39 Å². The molecule has 1 fully saturated rings. The fourth-order valence-corrected chi connectivity index (χ4v) is 4.53. The normalized spacial score (nSPS) is 19.2. The van der Waals surface area contributed by atoms with Gasteiger partial charge in [0.1, 0.15) is 0 Å². The molecule has 3 aromatic carbocycles. The van der Waals surface area contributed by atoms with Crippen LogP contribution in [0, 0.1) is 5.92 Å². The molecule has 0 aromatic heterocycles. The summed E-state index contributed by atoms with van der Waals surface area (Å²) in [5.74, 6) is 1.64. The van der Waals surface area contributed by atoms with Crippen molar-refractivity contribution in [2.45, 2.75) is 51.4 Å². The second-order valence-electron chi connectivity index (χ2n) is 8.65. The number of hydrogen-bond donors (Lipinski definition) is 0. The second-order valence-corrected chi connectivity index (χ2v) is 8.65. The number of hydrogen-bond acceptors (Lipinski definition) is 0. The first-order chi connectivity index (χ1) is 14.2. The highest BCUT2D eigenvalue weighted by atomic mass is 19.1. The van der Waals surface area contributed by atoms with Crippen LogP contribution < -0.4 is 0 Å². The van der Waals surface area contributed by atoms with Gasteiger partial charge in [-0.1, -0.05) is 92.6 Å². The summed E-state index contributed by atoms with van der Waals surface area (Å²) in [6, 6.07) is 26.6. The molecule has 29 heavy (non-hydrogen) atoms. The van der Waals surface area contributed by atoms with Gasteiger partial charge < -0.3 is 0 Å². The van der Waals surface area contributed by atoms with E-state index in [1.165, 1.54) is 59.1 Å². The molecule has 1 aliphatic rings. The lowest BCUT2D eigenvalue weighted by atomic mass is 9.79. The molecule has 0 nitrogen and oxygen atoms in total. The quantitative estimate of drug-likeness (QED) is 0.400. The Morgan fingerprint density at radius 2 is 1.10 bits per heavy atom. The van der Waals surface area contributed by atoms with Crippen LogP contribution >= 0.6 is 0 Å². The van der Waals surface area contributed by atoms with Gasteiger partial charge in [-0.25, -0.2) is 0 Å². The van der Waals surface area contributed by atoms with Gasteiger partial charge in [-0.2, -0.15) is 0 Å². The molecule has 0 bridgehead atoms. The third kappa shape index (κ3) is 4.96. The summed E-state index contributed by atoms with van der Waals surface area (Å²) >= 11 is 0. The molecule has 0 heterocycles. The summed E-state index contributed by atoms with van der Waals surface area (Å²) in [6.45, 7) is 2.13. The van der Waals surface area contributed by atoms with E-state index >= 15 is 0 Å². The van der Waals surface area contributed by atoms with Crippen molar-refractivity contribution >= 4 is 0 Å². The van der Waals surface area contributed by atoms with E-state index in [1.807, 2.05) is 0 Å². The molecular formula is C28H31F. The Morgan fingerprint density at radius 3 is 1.59 bits per heavy atom. The second kappa shape index (κ2) is 9.39. The highest BCUT2D eigenvalue weighted by Crippen LogP contribution is 2.36. The van der Waals surface area contributed by atoms with Crippen molar-refractivity contribution in [3.8, 4) is 22.3 Å². The van der Waals surface area contributed by atoms with E-state index in [0.717, 1.165) is 18.3 Å². The molecule has 0 saturated heterocycles. The molecular weight excluding hydrogens is 355 g/mol. The molecule has 150 valence electrons. The van der Waals surface area contributed by atoms with Gasteiger partial charge in [0.25, 0.3) is 0 Å². The minimum atomic E-state index is -0.246. The van der Waals surface area contributed by atoms with E-state index in [1.54, 1.807) is 0 Å². The van der Waals surface area contributed by atoms with E-state index in [4.69, 9.17) is 0 Å². The van der Waals surface area contributed by atoms with E-state index in [2.05, 4.69) is 79.7 Å². The molecule has 0 radical (unpaired) electrons. The van der Waals surface area contributed by atoms with Gasteiger partial charge in [0.2, 0.25) is 0 Å². The Morgan fingerprint density at radius 1 is 0.655 bits per heavy atom. The number of rotatable bonds is 6. The number of halogens is 1. The Kier molecular flexibility index (Phi) is 6.44. The van der Waals surface area contributed by atoms with Crippen molar-refractivity contribution in [3.63, 3.8) is 0 Å². The van der Waals surface area contributed by atoms with Crippen LogP contribution in [-0.2, 0) is 6.42 Å². The molecule has 4 rings (SSSR count). The van der Waals surface area contributed by atoms with Crippen LogP contribution in [0.2, 0.25) is 0 Å². The number of aryl methyl sites for hydroxylation is 1. The van der Waals surface area contributed by atoms with Crippen molar-refractivity contribution < 1.29 is 4.39 Å². The predicted molar refractivity (Wildman–Crippen MR) is 122 cm³/mol. The van der Waals surface area contributed by atoms with Gasteiger partial charge in [-0.15, -0.1) is 0 Å². The maximum Gasteiger partial charge on any atom is 0.0897 e. The van der Waals surface area contributed by atoms with E-state index in [0.29, 0.717) is 6.42 Å². The summed E-state index contributed by atoms with van der Waals surface area (Å²) < 4.78 is 12.3. The molecule has 0 aliphatic heterocycles. The largest absolute Gasteiger partial charge is 0.251 e. The zero-order chi connectivity index (χ0) is 20.1. The van der Waals surface area contributed by atoms with Crippen LogP contribution in [0.1, 0.15) is 56.1 Å². The van der Waals surface area contributed by atoms with E-state index < -0.39 is 0 Å². The molecule has 1 saturated carbocycles. The summed E-state index contributed by atoms with van der Waals surface area (Å²) in [5.41, 5.74) is 7.69. The zero-order valence-electron chi connectivity index (χ0n) is 17.4. The summed E-state index contributed by atoms with van der Waals surface area (Å²) in [6.07, 6.45) is 6.82. The van der Waals surface area contributed by atoms with Gasteiger partial charge >= 0.3 is 0 Å². The topological polar surface area (TPSA) is 0 Å². The lowest BCUT2D eigenvalue weighted by Crippen LogP contribution is -2.10. The summed E-state index contributed by atoms with van der Waals surface area (Å²) in [5, 5.41) is 0. The monoisotopic (exact) mass is 386 g/mol. The van der Waals surface area contributed by atoms with Gasteiger partial charge in [0, 0.05) is 0 Å². The molecule has 0 spiro atoms. The first kappa shape index (κ1) is 19.9. The lowest BCUT2D eigenvalue weighted by molar-refractivity contribution is 0.348. The first-order valence-electron chi connectivity index (χ1n) is 11.1. The van der Waals surface area contributed by atoms with Crippen LogP contribution in [0.4, 0.5) is 4.39 Å². The number of benzene rings is 3. The van der Waals surface area contributed by atoms with E-state index in [-0.39, 0.29) is 6.67 Å². The van der Waals surface area contributed by atoms with Gasteiger partial charge in [-0.05, 0) is 70.9 Å². The average Bonchev–Trinajstić information content (AvgIpc) is 2.79. The zero-order valence-corrected chi connectivity index (χ0v) is 17.4. The Bertz CT molecular complexity index is 883. The fourth-order valence-electron chi connectivity index (χ4n) is 4.53. The lowest BCUT2D eigenvalue weighted by Gasteiger charge is -2.26. The third-order valence-corrected chi connectivity index (χ3v) is 6.50. The first-order valence-corrected chi connectivity index (χ1v) is 11.1. The third-order valence-electron chi connectivity index (χ3n) is 6.50. The van der Waals surface area contributed by atoms with Gasteiger partial charge in [0.05, 0.1) is 6.67 Å². The van der Waals surface area contributed by atoms with Crippen LogP contribution in [-0.4, -0.2) is 6.67 Å². The molecule has 0 N–H and O–H groups in total. The van der Waals surface area contributed by atoms with Crippen LogP contribution in [0.15, 0.2) is 72.8 Å². The summed E-state index contributed by atoms with van der Waals surface area (Å²) in [7, 11) is 0. The van der Waals surface area contributed by atoms with Crippen molar-refractivity contribution in [3.05, 3.63) is 83.9 Å². The Labute approximate surface area is 174 Å². The molecule has 0 atom stereocenters. The smallest absolute Gasteiger partial charge is 0.0897 e. The fraction of sp³-hybridized carbons (Fsp3) is 0.357. The highest BCUT2D eigenvalue weighted by Gasteiger charge is 2.19. The van der Waals surface area contributed by atoms with Crippen LogP contribution in [0.3, 0.4) is 0 Å². The van der Waals surface area contributed by atoms with Crippen LogP contribution in [0.25, 0.3) is 22.3 Å². The maximum atomic E-state index is 12.3. The maximum absolute atomic E-state index is 12.3. The average molecular weight is 387 g/mol. The van der Waals surface area contributed by atoms with Crippen molar-refractivity contribution in [1.82, 2.24) is 0 Å². The minimum absolute atomic E-state index is 0.246. The predicted octanol–water partition coefficient (Wildman–Crippen LogP) is 8.22. The standard InChI is InChI=1S/C28H31F/c1-21-4-8-23(9-5-21)25-12-16-27(17-13-25)28-18-14-26(15-19-28)24-10-6-22(7-11-24)3-2-20-29/h6-7,10-19,21,23H,2-5,8-9,20H2,1H3/t21-,23-. The van der Waals surface area contributed by atoms with Crippen molar-refractivity contribution in [2.24, 2.45) is 5.92 Å². The highest BCUT2D eigenvalue weighted by molar-refractivity contribution is 5.70. The minimum Gasteiger partial charge on any atom is -0.251 e. The SMILES string of the molecule is C[C@H]1CC[C@H](c2ccc(-c3ccc(-c4ccc(CCCF)cc4)cc3)cc2)CC1. The Balaban J connectivity index is 1.43. The molecule has 0 unspecified atom stereocenters. The molecule has 1 aliphatic carbocycles. The number of alkyl halides is 1. The van der Waals surface area contributed by atoms with Crippen LogP contribution in [0.5, 0.6) is 0 Å².